The van der Waals surface area contributed by atoms with E-state index in [9.17, 15) is 19.2 Å². The number of rotatable bonds is 6. The Hall–Kier alpha value is -3.48. The van der Waals surface area contributed by atoms with Crippen molar-refractivity contribution in [2.45, 2.75) is 39.2 Å². The second-order valence-corrected chi connectivity index (χ2v) is 7.90. The maximum absolute atomic E-state index is 12.7. The SMILES string of the molecule is CCCCN1C(=O)c2ccc(C(=O)OCC(=O)N3c4ccccc4C[C@@H]3C)cc2C1=O. The van der Waals surface area contributed by atoms with E-state index in [0.717, 1.165) is 30.5 Å². The number of hydrogen-bond acceptors (Lipinski definition) is 5. The van der Waals surface area contributed by atoms with E-state index in [1.54, 1.807) is 4.90 Å². The highest BCUT2D eigenvalue weighted by Gasteiger charge is 2.36. The second-order valence-electron chi connectivity index (χ2n) is 7.90. The molecule has 160 valence electrons. The topological polar surface area (TPSA) is 84.0 Å². The van der Waals surface area contributed by atoms with Gasteiger partial charge in [0.25, 0.3) is 17.7 Å². The molecule has 3 amide bonds. The van der Waals surface area contributed by atoms with E-state index in [4.69, 9.17) is 4.74 Å². The van der Waals surface area contributed by atoms with E-state index in [1.807, 2.05) is 38.1 Å². The number of imide groups is 1. The summed E-state index contributed by atoms with van der Waals surface area (Å²) >= 11 is 0. The molecule has 0 fully saturated rings. The maximum atomic E-state index is 12.7. The lowest BCUT2D eigenvalue weighted by Crippen LogP contribution is -2.38. The van der Waals surface area contributed by atoms with Crippen molar-refractivity contribution in [3.63, 3.8) is 0 Å². The van der Waals surface area contributed by atoms with Crippen molar-refractivity contribution in [3.05, 3.63) is 64.7 Å². The molecule has 7 nitrogen and oxygen atoms in total. The fraction of sp³-hybridized carbons (Fsp3) is 0.333. The summed E-state index contributed by atoms with van der Waals surface area (Å²) in [6, 6.07) is 12.0. The number of benzene rings is 2. The van der Waals surface area contributed by atoms with Crippen LogP contribution >= 0.6 is 0 Å². The van der Waals surface area contributed by atoms with E-state index < -0.39 is 18.5 Å². The largest absolute Gasteiger partial charge is 0.452 e. The lowest BCUT2D eigenvalue weighted by atomic mass is 10.1. The molecule has 4 rings (SSSR count). The van der Waals surface area contributed by atoms with Gasteiger partial charge in [-0.2, -0.15) is 0 Å². The highest BCUT2D eigenvalue weighted by molar-refractivity contribution is 6.22. The number of anilines is 1. The molecule has 0 N–H and O–H groups in total. The van der Waals surface area contributed by atoms with Gasteiger partial charge >= 0.3 is 5.97 Å². The number of amides is 3. The Morgan fingerprint density at radius 3 is 2.58 bits per heavy atom. The van der Waals surface area contributed by atoms with Crippen molar-refractivity contribution in [1.29, 1.82) is 0 Å². The summed E-state index contributed by atoms with van der Waals surface area (Å²) in [6.45, 7) is 3.89. The number of unbranched alkanes of at least 4 members (excludes halogenated alkanes) is 1. The van der Waals surface area contributed by atoms with Crippen LogP contribution in [0.15, 0.2) is 42.5 Å². The van der Waals surface area contributed by atoms with Gasteiger partial charge in [0.15, 0.2) is 6.61 Å². The Bertz CT molecular complexity index is 1080. The molecule has 0 saturated heterocycles. The molecule has 2 heterocycles. The summed E-state index contributed by atoms with van der Waals surface area (Å²) in [6.07, 6.45) is 2.34. The average Bonchev–Trinajstić information content (AvgIpc) is 3.23. The first-order valence-electron chi connectivity index (χ1n) is 10.5. The van der Waals surface area contributed by atoms with Crippen LogP contribution in [0.3, 0.4) is 0 Å². The molecule has 0 aliphatic carbocycles. The van der Waals surface area contributed by atoms with Gasteiger partial charge in [0.1, 0.15) is 0 Å². The monoisotopic (exact) mass is 420 g/mol. The normalized spacial score (nSPS) is 17.0. The zero-order chi connectivity index (χ0) is 22.1. The Morgan fingerprint density at radius 1 is 1.06 bits per heavy atom. The summed E-state index contributed by atoms with van der Waals surface area (Å²) in [5.41, 5.74) is 2.55. The molecule has 0 spiro atoms. The van der Waals surface area contributed by atoms with Gasteiger partial charge in [-0.3, -0.25) is 19.3 Å². The molecule has 2 aromatic carbocycles. The first-order chi connectivity index (χ1) is 14.9. The third-order valence-corrected chi connectivity index (χ3v) is 5.74. The quantitative estimate of drug-likeness (QED) is 0.529. The third kappa shape index (κ3) is 3.71. The van der Waals surface area contributed by atoms with Gasteiger partial charge in [-0.25, -0.2) is 4.79 Å². The third-order valence-electron chi connectivity index (χ3n) is 5.74. The molecule has 1 atom stereocenters. The van der Waals surface area contributed by atoms with E-state index in [1.165, 1.54) is 23.1 Å². The van der Waals surface area contributed by atoms with Gasteiger partial charge in [-0.05, 0) is 49.6 Å². The van der Waals surface area contributed by atoms with E-state index >= 15 is 0 Å². The van der Waals surface area contributed by atoms with Gasteiger partial charge in [-0.1, -0.05) is 31.5 Å². The van der Waals surface area contributed by atoms with Crippen molar-refractivity contribution in [2.24, 2.45) is 0 Å². The molecule has 2 aliphatic rings. The Kier molecular flexibility index (Phi) is 5.59. The smallest absolute Gasteiger partial charge is 0.338 e. The molecular weight excluding hydrogens is 396 g/mol. The molecule has 0 radical (unpaired) electrons. The standard InChI is InChI=1S/C24H24N2O5/c1-3-4-11-25-22(28)18-10-9-17(13-19(18)23(25)29)24(30)31-14-21(27)26-15(2)12-16-7-5-6-8-20(16)26/h5-10,13,15H,3-4,11-12,14H2,1-2H3/t15-/m0/s1. The molecule has 0 saturated carbocycles. The van der Waals surface area contributed by atoms with Crippen LogP contribution in [0.2, 0.25) is 0 Å². The summed E-state index contributed by atoms with van der Waals surface area (Å²) in [4.78, 5) is 53.1. The summed E-state index contributed by atoms with van der Waals surface area (Å²) in [7, 11) is 0. The first kappa shape index (κ1) is 20.8. The Balaban J connectivity index is 1.44. The van der Waals surface area contributed by atoms with Gasteiger partial charge in [-0.15, -0.1) is 0 Å². The fourth-order valence-electron chi connectivity index (χ4n) is 4.16. The van der Waals surface area contributed by atoms with Crippen molar-refractivity contribution >= 4 is 29.4 Å². The highest BCUT2D eigenvalue weighted by atomic mass is 16.5. The minimum absolute atomic E-state index is 0.0127. The van der Waals surface area contributed by atoms with Crippen LogP contribution in [-0.4, -0.2) is 47.8 Å². The number of para-hydroxylation sites is 1. The Morgan fingerprint density at radius 2 is 1.81 bits per heavy atom. The number of hydrogen-bond donors (Lipinski definition) is 0. The minimum atomic E-state index is -0.705. The molecule has 0 bridgehead atoms. The van der Waals surface area contributed by atoms with Crippen LogP contribution in [0.5, 0.6) is 0 Å². The van der Waals surface area contributed by atoms with Crippen molar-refractivity contribution in [2.75, 3.05) is 18.1 Å². The summed E-state index contributed by atoms with van der Waals surface area (Å²) < 4.78 is 5.24. The Labute approximate surface area is 180 Å². The summed E-state index contributed by atoms with van der Waals surface area (Å²) in [5, 5.41) is 0. The first-order valence-corrected chi connectivity index (χ1v) is 10.5. The second kappa shape index (κ2) is 8.34. The van der Waals surface area contributed by atoms with Crippen LogP contribution in [0.1, 0.15) is 63.3 Å². The highest BCUT2D eigenvalue weighted by Crippen LogP contribution is 2.32. The van der Waals surface area contributed by atoms with E-state index in [-0.39, 0.29) is 34.5 Å². The lowest BCUT2D eigenvalue weighted by Gasteiger charge is -2.22. The predicted octanol–water partition coefficient (Wildman–Crippen LogP) is 3.22. The molecule has 2 aliphatic heterocycles. The zero-order valence-electron chi connectivity index (χ0n) is 17.6. The summed E-state index contributed by atoms with van der Waals surface area (Å²) in [5.74, 6) is -1.75. The van der Waals surface area contributed by atoms with Crippen LogP contribution in [0.25, 0.3) is 0 Å². The van der Waals surface area contributed by atoms with Crippen LogP contribution < -0.4 is 4.90 Å². The number of nitrogens with zero attached hydrogens (tertiary/aromatic N) is 2. The van der Waals surface area contributed by atoms with Crippen LogP contribution in [-0.2, 0) is 16.0 Å². The number of esters is 1. The fourth-order valence-corrected chi connectivity index (χ4v) is 4.16. The maximum Gasteiger partial charge on any atom is 0.338 e. The molecule has 2 aromatic rings. The van der Waals surface area contributed by atoms with Gasteiger partial charge < -0.3 is 9.64 Å². The zero-order valence-corrected chi connectivity index (χ0v) is 17.6. The number of fused-ring (bicyclic) bond motifs is 2. The van der Waals surface area contributed by atoms with Crippen LogP contribution in [0.4, 0.5) is 5.69 Å². The van der Waals surface area contributed by atoms with Crippen LogP contribution in [0, 0.1) is 0 Å². The molecule has 31 heavy (non-hydrogen) atoms. The van der Waals surface area contributed by atoms with Crippen molar-refractivity contribution < 1.29 is 23.9 Å². The van der Waals surface area contributed by atoms with Gasteiger partial charge in [0, 0.05) is 18.3 Å². The number of carbonyl (C=O) groups excluding carboxylic acids is 4. The van der Waals surface area contributed by atoms with Crippen molar-refractivity contribution in [3.8, 4) is 0 Å². The van der Waals surface area contributed by atoms with Gasteiger partial charge in [0.05, 0.1) is 16.7 Å². The molecule has 0 aromatic heterocycles. The average molecular weight is 420 g/mol. The molecule has 7 heteroatoms. The minimum Gasteiger partial charge on any atom is -0.452 e. The van der Waals surface area contributed by atoms with Crippen molar-refractivity contribution in [1.82, 2.24) is 4.90 Å². The van der Waals surface area contributed by atoms with E-state index in [2.05, 4.69) is 0 Å². The number of ether oxygens (including phenoxy) is 1. The molecular formula is C24H24N2O5. The lowest BCUT2D eigenvalue weighted by molar-refractivity contribution is -0.122. The predicted molar refractivity (Wildman–Crippen MR) is 114 cm³/mol. The van der Waals surface area contributed by atoms with E-state index in [0.29, 0.717) is 6.54 Å². The molecule has 0 unspecified atom stereocenters. The van der Waals surface area contributed by atoms with Gasteiger partial charge in [0.2, 0.25) is 0 Å². The number of carbonyl (C=O) groups is 4.